The summed E-state index contributed by atoms with van der Waals surface area (Å²) in [6, 6.07) is 9.44. The van der Waals surface area contributed by atoms with E-state index in [-0.39, 0.29) is 0 Å². The van der Waals surface area contributed by atoms with E-state index in [1.54, 1.807) is 0 Å². The summed E-state index contributed by atoms with van der Waals surface area (Å²) >= 11 is 1.43. The zero-order valence-corrected chi connectivity index (χ0v) is 19.9. The zero-order chi connectivity index (χ0) is 23.0. The van der Waals surface area contributed by atoms with Crippen molar-refractivity contribution in [2.24, 2.45) is 0 Å². The van der Waals surface area contributed by atoms with E-state index in [1.807, 2.05) is 35.7 Å². The molecular formula is C25H31FN2O4S. The van der Waals surface area contributed by atoms with Gasteiger partial charge in [-0.05, 0) is 30.4 Å². The number of fused-ring (bicyclic) bond motifs is 1. The highest BCUT2D eigenvalue weighted by atomic mass is 32.1. The van der Waals surface area contributed by atoms with E-state index in [0.717, 1.165) is 30.4 Å². The Bertz CT molecular complexity index is 1000. The van der Waals surface area contributed by atoms with Gasteiger partial charge in [-0.1, -0.05) is 44.9 Å². The number of halogens is 1. The predicted molar refractivity (Wildman–Crippen MR) is 127 cm³/mol. The molecule has 6 nitrogen and oxygen atoms in total. The summed E-state index contributed by atoms with van der Waals surface area (Å²) < 4.78 is 40.3. The normalized spacial score (nSPS) is 22.8. The van der Waals surface area contributed by atoms with Crippen LogP contribution >= 0.6 is 11.3 Å². The fourth-order valence-corrected chi connectivity index (χ4v) is 4.80. The van der Waals surface area contributed by atoms with Crippen molar-refractivity contribution in [2.75, 3.05) is 19.8 Å². The molecule has 0 saturated carbocycles. The third-order valence-corrected chi connectivity index (χ3v) is 6.61. The van der Waals surface area contributed by atoms with Crippen molar-refractivity contribution in [3.63, 3.8) is 0 Å². The number of unbranched alkanes of at least 4 members (excludes halogenated alkanes) is 2. The first kappa shape index (κ1) is 24.0. The smallest absolute Gasteiger partial charge is 0.240 e. The van der Waals surface area contributed by atoms with E-state index in [4.69, 9.17) is 18.9 Å². The van der Waals surface area contributed by atoms with Gasteiger partial charge < -0.3 is 18.9 Å². The van der Waals surface area contributed by atoms with Crippen LogP contribution in [0.3, 0.4) is 0 Å². The number of para-hydroxylation sites is 1. The molecule has 0 radical (unpaired) electrons. The molecule has 4 atom stereocenters. The molecule has 0 N–H and O–H groups in total. The summed E-state index contributed by atoms with van der Waals surface area (Å²) in [6.45, 7) is 5.65. The highest BCUT2D eigenvalue weighted by Gasteiger charge is 2.47. The minimum atomic E-state index is -1.31. The third-order valence-electron chi connectivity index (χ3n) is 5.64. The third kappa shape index (κ3) is 5.69. The summed E-state index contributed by atoms with van der Waals surface area (Å²) in [6.07, 6.45) is 2.11. The first-order chi connectivity index (χ1) is 16.2. The number of hydrogen-bond acceptors (Lipinski definition) is 7. The van der Waals surface area contributed by atoms with Gasteiger partial charge in [-0.15, -0.1) is 11.3 Å². The number of nitrogens with zero attached hydrogens (tertiary/aromatic N) is 2. The van der Waals surface area contributed by atoms with Crippen LogP contribution in [0.15, 0.2) is 42.0 Å². The van der Waals surface area contributed by atoms with E-state index in [9.17, 15) is 0 Å². The molecule has 3 heterocycles. The molecule has 33 heavy (non-hydrogen) atoms. The minimum absolute atomic E-state index is 0.313. The molecule has 0 amide bonds. The van der Waals surface area contributed by atoms with E-state index in [0.29, 0.717) is 42.5 Å². The highest BCUT2D eigenvalue weighted by molar-refractivity contribution is 7.17. The summed E-state index contributed by atoms with van der Waals surface area (Å²) in [5, 5.41) is 1.89. The molecule has 2 aromatic heterocycles. The highest BCUT2D eigenvalue weighted by Crippen LogP contribution is 2.43. The van der Waals surface area contributed by atoms with Crippen molar-refractivity contribution >= 4 is 21.6 Å². The second kappa shape index (κ2) is 11.8. The molecule has 1 aliphatic heterocycles. The minimum Gasteiger partial charge on any atom is -0.437 e. The molecule has 0 bridgehead atoms. The summed E-state index contributed by atoms with van der Waals surface area (Å²) in [5.74, 6) is 1.13. The quantitative estimate of drug-likeness (QED) is 0.289. The predicted octanol–water partition coefficient (Wildman–Crippen LogP) is 6.26. The van der Waals surface area contributed by atoms with Crippen molar-refractivity contribution in [3.05, 3.63) is 47.6 Å². The van der Waals surface area contributed by atoms with Gasteiger partial charge in [0.15, 0.2) is 6.17 Å². The second-order valence-corrected chi connectivity index (χ2v) is 9.00. The number of aromatic nitrogens is 2. The SMILES string of the molecule is CCCCOC[C@H]1O[C@@H](c2csc3c(Oc4ccccc4)ncnc23)[C@H](F)[C@@H]1OCCCC. The van der Waals surface area contributed by atoms with Crippen LogP contribution in [-0.2, 0) is 14.2 Å². The second-order valence-electron chi connectivity index (χ2n) is 8.12. The molecule has 178 valence electrons. The van der Waals surface area contributed by atoms with Gasteiger partial charge in [0.1, 0.15) is 35.1 Å². The lowest BCUT2D eigenvalue weighted by molar-refractivity contribution is -0.0666. The summed E-state index contributed by atoms with van der Waals surface area (Å²) in [7, 11) is 0. The van der Waals surface area contributed by atoms with Crippen LogP contribution in [0.25, 0.3) is 10.2 Å². The van der Waals surface area contributed by atoms with Gasteiger partial charge in [-0.3, -0.25) is 0 Å². The number of ether oxygens (including phenoxy) is 4. The monoisotopic (exact) mass is 474 g/mol. The maximum atomic E-state index is 15.7. The van der Waals surface area contributed by atoms with Gasteiger partial charge in [0.2, 0.25) is 5.88 Å². The van der Waals surface area contributed by atoms with Crippen molar-refractivity contribution in [1.82, 2.24) is 9.97 Å². The lowest BCUT2D eigenvalue weighted by Crippen LogP contribution is -2.34. The van der Waals surface area contributed by atoms with E-state index in [2.05, 4.69) is 23.8 Å². The molecule has 4 rings (SSSR count). The lowest BCUT2D eigenvalue weighted by Gasteiger charge is -2.20. The van der Waals surface area contributed by atoms with Crippen molar-refractivity contribution in [3.8, 4) is 11.6 Å². The topological polar surface area (TPSA) is 62.7 Å². The van der Waals surface area contributed by atoms with E-state index in [1.165, 1.54) is 17.7 Å². The largest absolute Gasteiger partial charge is 0.437 e. The van der Waals surface area contributed by atoms with Gasteiger partial charge in [0.25, 0.3) is 0 Å². The number of thiophene rings is 1. The van der Waals surface area contributed by atoms with Crippen molar-refractivity contribution in [2.45, 2.75) is 64.0 Å². The Kier molecular flexibility index (Phi) is 8.61. The fourth-order valence-electron chi connectivity index (χ4n) is 3.83. The number of benzene rings is 1. The number of hydrogen-bond donors (Lipinski definition) is 0. The average molecular weight is 475 g/mol. The molecule has 1 aliphatic rings. The average Bonchev–Trinajstić information content (AvgIpc) is 3.39. The van der Waals surface area contributed by atoms with Gasteiger partial charge in [-0.25, -0.2) is 14.4 Å². The number of rotatable bonds is 12. The Morgan fingerprint density at radius 1 is 1.06 bits per heavy atom. The van der Waals surface area contributed by atoms with Crippen molar-refractivity contribution < 1.29 is 23.3 Å². The molecule has 0 aliphatic carbocycles. The van der Waals surface area contributed by atoms with Gasteiger partial charge in [0.05, 0.1) is 12.1 Å². The molecular weight excluding hydrogens is 443 g/mol. The summed E-state index contributed by atoms with van der Waals surface area (Å²) in [4.78, 5) is 8.73. The Hall–Kier alpha value is -2.13. The van der Waals surface area contributed by atoms with E-state index < -0.39 is 24.5 Å². The lowest BCUT2D eigenvalue weighted by atomic mass is 10.0. The molecule has 1 fully saturated rings. The van der Waals surface area contributed by atoms with Gasteiger partial charge >= 0.3 is 0 Å². The maximum absolute atomic E-state index is 15.7. The van der Waals surface area contributed by atoms with Crippen LogP contribution in [0.1, 0.15) is 51.2 Å². The Morgan fingerprint density at radius 2 is 1.85 bits per heavy atom. The Labute approximate surface area is 198 Å². The van der Waals surface area contributed by atoms with Crippen LogP contribution in [0.4, 0.5) is 4.39 Å². The zero-order valence-electron chi connectivity index (χ0n) is 19.1. The summed E-state index contributed by atoms with van der Waals surface area (Å²) in [5.41, 5.74) is 1.34. The first-order valence-corrected chi connectivity index (χ1v) is 12.5. The van der Waals surface area contributed by atoms with Crippen LogP contribution in [0, 0.1) is 0 Å². The molecule has 8 heteroatoms. The van der Waals surface area contributed by atoms with Crippen LogP contribution < -0.4 is 4.74 Å². The van der Waals surface area contributed by atoms with Gasteiger partial charge in [-0.2, -0.15) is 0 Å². The molecule has 1 aromatic carbocycles. The molecule has 0 spiro atoms. The number of alkyl halides is 1. The Morgan fingerprint density at radius 3 is 2.64 bits per heavy atom. The molecule has 0 unspecified atom stereocenters. The van der Waals surface area contributed by atoms with Crippen LogP contribution in [0.2, 0.25) is 0 Å². The standard InChI is InChI=1S/C25H31FN2O4S/c1-3-5-12-29-14-19-23(30-13-6-4-2)20(26)22(32-19)18-15-33-24-21(18)27-16-28-25(24)31-17-10-8-7-9-11-17/h7-11,15-16,19-20,22-23H,3-6,12-14H2,1-2H3/t19-,20+,22+,23-/m1/s1. The van der Waals surface area contributed by atoms with Gasteiger partial charge in [0, 0.05) is 18.8 Å². The van der Waals surface area contributed by atoms with Crippen LogP contribution in [-0.4, -0.2) is 48.2 Å². The maximum Gasteiger partial charge on any atom is 0.240 e. The Balaban J connectivity index is 1.55. The van der Waals surface area contributed by atoms with Crippen molar-refractivity contribution in [1.29, 1.82) is 0 Å². The molecule has 3 aromatic rings. The van der Waals surface area contributed by atoms with E-state index >= 15 is 4.39 Å². The molecule has 1 saturated heterocycles. The fraction of sp³-hybridized carbons (Fsp3) is 0.520. The van der Waals surface area contributed by atoms with Crippen LogP contribution in [0.5, 0.6) is 11.6 Å². The first-order valence-electron chi connectivity index (χ1n) is 11.7.